The molecule has 6 heteroatoms. The van der Waals surface area contributed by atoms with Crippen LogP contribution >= 0.6 is 12.2 Å². The Balaban J connectivity index is 2.94. The van der Waals surface area contributed by atoms with Gasteiger partial charge in [0.15, 0.2) is 0 Å². The van der Waals surface area contributed by atoms with Crippen LogP contribution in [0.15, 0.2) is 18.2 Å². The van der Waals surface area contributed by atoms with E-state index in [4.69, 9.17) is 18.0 Å². The Morgan fingerprint density at radius 3 is 2.41 bits per heavy atom. The smallest absolute Gasteiger partial charge is 0.259 e. The standard InChI is InChI=1S/C11H14N2O3S/c1-2-6(10(12)17)13-11(16)9-7(14)4-3-5-8(9)15/h3-6,14-15H,2H2,1H3,(H2,12,17)(H,13,16). The lowest BCUT2D eigenvalue weighted by atomic mass is 10.1. The predicted octanol–water partition coefficient (Wildman–Crippen LogP) is 0.892. The van der Waals surface area contributed by atoms with E-state index in [1.807, 2.05) is 6.92 Å². The van der Waals surface area contributed by atoms with Crippen LogP contribution in [0.5, 0.6) is 11.5 Å². The fraction of sp³-hybridized carbons (Fsp3) is 0.273. The molecule has 1 amide bonds. The quantitative estimate of drug-likeness (QED) is 0.599. The number of phenolic OH excluding ortho intramolecular Hbond substituents is 2. The van der Waals surface area contributed by atoms with Crippen LogP contribution in [0.25, 0.3) is 0 Å². The molecule has 1 aromatic rings. The molecule has 5 N–H and O–H groups in total. The lowest BCUT2D eigenvalue weighted by Crippen LogP contribution is -2.43. The second kappa shape index (κ2) is 5.49. The van der Waals surface area contributed by atoms with Crippen LogP contribution in [0.1, 0.15) is 23.7 Å². The van der Waals surface area contributed by atoms with Gasteiger partial charge in [-0.3, -0.25) is 4.79 Å². The van der Waals surface area contributed by atoms with E-state index in [-0.39, 0.29) is 22.1 Å². The lowest BCUT2D eigenvalue weighted by Gasteiger charge is -2.16. The van der Waals surface area contributed by atoms with Gasteiger partial charge in [-0.15, -0.1) is 0 Å². The Morgan fingerprint density at radius 2 is 2.00 bits per heavy atom. The Morgan fingerprint density at radius 1 is 1.47 bits per heavy atom. The fourth-order valence-electron chi connectivity index (χ4n) is 1.37. The monoisotopic (exact) mass is 254 g/mol. The molecule has 0 radical (unpaired) electrons. The van der Waals surface area contributed by atoms with Gasteiger partial charge in [-0.05, 0) is 18.6 Å². The van der Waals surface area contributed by atoms with Crippen LogP contribution in [0, 0.1) is 0 Å². The molecule has 0 saturated carbocycles. The summed E-state index contributed by atoms with van der Waals surface area (Å²) in [5, 5.41) is 21.5. The van der Waals surface area contributed by atoms with Crippen molar-refractivity contribution in [3.05, 3.63) is 23.8 Å². The van der Waals surface area contributed by atoms with Crippen molar-refractivity contribution in [2.24, 2.45) is 5.73 Å². The number of nitrogens with two attached hydrogens (primary N) is 1. The minimum Gasteiger partial charge on any atom is -0.507 e. The van der Waals surface area contributed by atoms with Gasteiger partial charge in [-0.2, -0.15) is 0 Å². The van der Waals surface area contributed by atoms with Gasteiger partial charge in [-0.25, -0.2) is 0 Å². The van der Waals surface area contributed by atoms with Crippen molar-refractivity contribution in [1.82, 2.24) is 5.32 Å². The number of hydrogen-bond acceptors (Lipinski definition) is 4. The molecule has 0 saturated heterocycles. The molecule has 1 aromatic carbocycles. The van der Waals surface area contributed by atoms with Crippen molar-refractivity contribution >= 4 is 23.1 Å². The van der Waals surface area contributed by atoms with E-state index < -0.39 is 11.9 Å². The first kappa shape index (κ1) is 13.2. The Bertz CT molecular complexity index is 428. The van der Waals surface area contributed by atoms with Crippen LogP contribution in [0.4, 0.5) is 0 Å². The second-order valence-electron chi connectivity index (χ2n) is 3.51. The van der Waals surface area contributed by atoms with Crippen LogP contribution in [0.3, 0.4) is 0 Å². The van der Waals surface area contributed by atoms with E-state index >= 15 is 0 Å². The molecule has 92 valence electrons. The van der Waals surface area contributed by atoms with Gasteiger partial charge in [0.1, 0.15) is 17.1 Å². The highest BCUT2D eigenvalue weighted by Gasteiger charge is 2.19. The lowest BCUT2D eigenvalue weighted by molar-refractivity contribution is 0.0941. The molecule has 1 rings (SSSR count). The normalized spacial score (nSPS) is 11.8. The highest BCUT2D eigenvalue weighted by molar-refractivity contribution is 7.80. The number of thiocarbonyl (C=S) groups is 1. The number of carbonyl (C=O) groups excluding carboxylic acids is 1. The predicted molar refractivity (Wildman–Crippen MR) is 68.1 cm³/mol. The van der Waals surface area contributed by atoms with Gasteiger partial charge >= 0.3 is 0 Å². The van der Waals surface area contributed by atoms with Crippen LogP contribution in [0.2, 0.25) is 0 Å². The highest BCUT2D eigenvalue weighted by Crippen LogP contribution is 2.25. The molecule has 5 nitrogen and oxygen atoms in total. The summed E-state index contributed by atoms with van der Waals surface area (Å²) in [5.74, 6) is -1.19. The topological polar surface area (TPSA) is 95.6 Å². The van der Waals surface area contributed by atoms with E-state index in [0.29, 0.717) is 6.42 Å². The first-order valence-corrected chi connectivity index (χ1v) is 5.49. The molecule has 1 unspecified atom stereocenters. The molecule has 0 aromatic heterocycles. The summed E-state index contributed by atoms with van der Waals surface area (Å²) in [4.78, 5) is 12.0. The van der Waals surface area contributed by atoms with Crippen LogP contribution in [-0.2, 0) is 0 Å². The van der Waals surface area contributed by atoms with Crippen molar-refractivity contribution in [2.75, 3.05) is 0 Å². The van der Waals surface area contributed by atoms with Crippen molar-refractivity contribution in [1.29, 1.82) is 0 Å². The maximum absolute atomic E-state index is 11.8. The number of nitrogens with one attached hydrogen (secondary N) is 1. The summed E-state index contributed by atoms with van der Waals surface area (Å²) in [6.07, 6.45) is 0.537. The number of carbonyl (C=O) groups is 1. The Hall–Kier alpha value is -1.82. The molecule has 0 aliphatic carbocycles. The summed E-state index contributed by atoms with van der Waals surface area (Å²) < 4.78 is 0. The van der Waals surface area contributed by atoms with E-state index in [1.165, 1.54) is 18.2 Å². The number of phenols is 2. The minimum absolute atomic E-state index is 0.163. The molecule has 0 aliphatic heterocycles. The second-order valence-corrected chi connectivity index (χ2v) is 3.98. The van der Waals surface area contributed by atoms with Crippen molar-refractivity contribution in [2.45, 2.75) is 19.4 Å². The van der Waals surface area contributed by atoms with E-state index in [2.05, 4.69) is 5.32 Å². The molecule has 0 aliphatic rings. The Labute approximate surface area is 104 Å². The number of amides is 1. The number of benzene rings is 1. The van der Waals surface area contributed by atoms with Crippen molar-refractivity contribution in [3.63, 3.8) is 0 Å². The van der Waals surface area contributed by atoms with E-state index in [1.54, 1.807) is 0 Å². The van der Waals surface area contributed by atoms with Crippen molar-refractivity contribution < 1.29 is 15.0 Å². The van der Waals surface area contributed by atoms with Gasteiger partial charge in [0.05, 0.1) is 11.0 Å². The number of hydrogen-bond donors (Lipinski definition) is 4. The maximum Gasteiger partial charge on any atom is 0.259 e. The average molecular weight is 254 g/mol. The maximum atomic E-state index is 11.8. The van der Waals surface area contributed by atoms with Gasteiger partial charge in [-0.1, -0.05) is 25.2 Å². The third-order valence-electron chi connectivity index (χ3n) is 2.30. The molecule has 0 spiro atoms. The number of aromatic hydroxyl groups is 2. The van der Waals surface area contributed by atoms with Gasteiger partial charge in [0.2, 0.25) is 0 Å². The van der Waals surface area contributed by atoms with Crippen LogP contribution < -0.4 is 11.1 Å². The molecule has 0 heterocycles. The van der Waals surface area contributed by atoms with E-state index in [0.717, 1.165) is 0 Å². The SMILES string of the molecule is CCC(NC(=O)c1c(O)cccc1O)C(N)=S. The zero-order valence-corrected chi connectivity index (χ0v) is 10.1. The zero-order chi connectivity index (χ0) is 13.0. The first-order chi connectivity index (χ1) is 7.97. The average Bonchev–Trinajstić information content (AvgIpc) is 2.25. The largest absolute Gasteiger partial charge is 0.507 e. The summed E-state index contributed by atoms with van der Waals surface area (Å²) >= 11 is 4.79. The molecule has 1 atom stereocenters. The molecular weight excluding hydrogens is 240 g/mol. The Kier molecular flexibility index (Phi) is 4.28. The third-order valence-corrected chi connectivity index (χ3v) is 2.59. The van der Waals surface area contributed by atoms with Gasteiger partial charge in [0, 0.05) is 0 Å². The summed E-state index contributed by atoms with van der Waals surface area (Å²) in [6.45, 7) is 1.81. The van der Waals surface area contributed by atoms with Crippen molar-refractivity contribution in [3.8, 4) is 11.5 Å². The summed E-state index contributed by atoms with van der Waals surface area (Å²) in [6, 6.07) is 3.61. The van der Waals surface area contributed by atoms with Gasteiger partial charge in [0.25, 0.3) is 5.91 Å². The van der Waals surface area contributed by atoms with Crippen LogP contribution in [-0.4, -0.2) is 27.2 Å². The molecular formula is C11H14N2O3S. The molecule has 0 fully saturated rings. The van der Waals surface area contributed by atoms with Gasteiger partial charge < -0.3 is 21.3 Å². The molecule has 17 heavy (non-hydrogen) atoms. The first-order valence-electron chi connectivity index (χ1n) is 5.08. The fourth-order valence-corrected chi connectivity index (χ4v) is 1.59. The number of rotatable bonds is 4. The highest BCUT2D eigenvalue weighted by atomic mass is 32.1. The summed E-state index contributed by atoms with van der Waals surface area (Å²) in [5.41, 5.74) is 5.26. The minimum atomic E-state index is -0.611. The zero-order valence-electron chi connectivity index (χ0n) is 9.30. The summed E-state index contributed by atoms with van der Waals surface area (Å²) in [7, 11) is 0. The third kappa shape index (κ3) is 3.07. The van der Waals surface area contributed by atoms with E-state index in [9.17, 15) is 15.0 Å². The molecule has 0 bridgehead atoms.